The zero-order valence-electron chi connectivity index (χ0n) is 23.5. The van der Waals surface area contributed by atoms with Gasteiger partial charge in [-0.3, -0.25) is 0 Å². The number of allylic oxidation sites excluding steroid dienone is 2. The van der Waals surface area contributed by atoms with Gasteiger partial charge in [0.1, 0.15) is 0 Å². The van der Waals surface area contributed by atoms with Gasteiger partial charge in [-0.15, -0.1) is 0 Å². The minimum Gasteiger partial charge on any atom is -0.393 e. The fourth-order valence-corrected chi connectivity index (χ4v) is 9.37. The van der Waals surface area contributed by atoms with Gasteiger partial charge in [-0.2, -0.15) is 0 Å². The summed E-state index contributed by atoms with van der Waals surface area (Å²) in [5.74, 6) is 1.32. The van der Waals surface area contributed by atoms with Crippen LogP contribution in [0.25, 0.3) is 0 Å². The lowest BCUT2D eigenvalue weighted by Gasteiger charge is -2.62. The second-order valence-electron chi connectivity index (χ2n) is 14.3. The molecule has 1 unspecified atom stereocenters. The van der Waals surface area contributed by atoms with E-state index in [1.807, 2.05) is 26.0 Å². The van der Waals surface area contributed by atoms with E-state index >= 15 is 0 Å². The fraction of sp³-hybridized carbons (Fsp3) is 0.871. The standard InChI is InChI=1S/C31H52O3/c1-20(24(32)14-16-27(2,3)34-9)21-12-18-31(8)23-10-11-25-28(4,5)26(33)15-17-29(25,6)22(23)13-19-30(21,31)7/h14,16,20-21,24-26,32-33H,10-13,15,17-19H2,1-9H3/b16-14+/t20?,21-,24-,25-,26-,29+,30+,31-/m0/s1. The molecule has 0 aliphatic heterocycles. The summed E-state index contributed by atoms with van der Waals surface area (Å²) in [6.45, 7) is 18.6. The van der Waals surface area contributed by atoms with Crippen LogP contribution in [0.2, 0.25) is 0 Å². The molecule has 0 aromatic rings. The molecular formula is C31H52O3. The van der Waals surface area contributed by atoms with Crippen LogP contribution in [0.3, 0.4) is 0 Å². The van der Waals surface area contributed by atoms with Crippen LogP contribution in [0.5, 0.6) is 0 Å². The number of hydrogen-bond acceptors (Lipinski definition) is 3. The Morgan fingerprint density at radius 1 is 0.971 bits per heavy atom. The van der Waals surface area contributed by atoms with Crippen LogP contribution in [-0.4, -0.2) is 35.1 Å². The number of aliphatic hydroxyl groups is 2. The highest BCUT2D eigenvalue weighted by Crippen LogP contribution is 2.72. The molecule has 0 bridgehead atoms. The molecule has 2 fully saturated rings. The van der Waals surface area contributed by atoms with E-state index in [0.29, 0.717) is 11.8 Å². The molecule has 0 amide bonds. The van der Waals surface area contributed by atoms with Crippen LogP contribution in [-0.2, 0) is 4.74 Å². The van der Waals surface area contributed by atoms with Crippen LogP contribution in [0.15, 0.2) is 23.3 Å². The lowest BCUT2D eigenvalue weighted by Crippen LogP contribution is -2.55. The van der Waals surface area contributed by atoms with E-state index in [4.69, 9.17) is 4.74 Å². The molecule has 0 spiro atoms. The molecule has 0 saturated heterocycles. The normalized spacial score (nSPS) is 43.9. The molecule has 34 heavy (non-hydrogen) atoms. The van der Waals surface area contributed by atoms with E-state index in [2.05, 4.69) is 41.5 Å². The highest BCUT2D eigenvalue weighted by Gasteiger charge is 2.63. The molecule has 3 heteroatoms. The first kappa shape index (κ1) is 26.4. The highest BCUT2D eigenvalue weighted by atomic mass is 16.5. The van der Waals surface area contributed by atoms with Gasteiger partial charge < -0.3 is 14.9 Å². The Labute approximate surface area is 209 Å². The zero-order chi connectivity index (χ0) is 25.3. The van der Waals surface area contributed by atoms with Crippen LogP contribution in [0, 0.1) is 39.4 Å². The van der Waals surface area contributed by atoms with E-state index in [-0.39, 0.29) is 39.3 Å². The smallest absolute Gasteiger partial charge is 0.0803 e. The van der Waals surface area contributed by atoms with Crippen LogP contribution >= 0.6 is 0 Å². The van der Waals surface area contributed by atoms with Crippen molar-refractivity contribution in [2.75, 3.05) is 7.11 Å². The summed E-state index contributed by atoms with van der Waals surface area (Å²) in [5, 5.41) is 22.0. The first-order chi connectivity index (χ1) is 15.6. The summed E-state index contributed by atoms with van der Waals surface area (Å²) in [6, 6.07) is 0. The first-order valence-corrected chi connectivity index (χ1v) is 14.0. The summed E-state index contributed by atoms with van der Waals surface area (Å²) in [6.07, 6.45) is 12.7. The van der Waals surface area contributed by atoms with Gasteiger partial charge in [-0.1, -0.05) is 64.8 Å². The minimum atomic E-state index is -0.442. The third kappa shape index (κ3) is 3.70. The molecule has 0 aromatic carbocycles. The average molecular weight is 473 g/mol. The van der Waals surface area contributed by atoms with Crippen molar-refractivity contribution in [3.63, 3.8) is 0 Å². The molecule has 4 aliphatic carbocycles. The third-order valence-corrected chi connectivity index (χ3v) is 12.2. The quantitative estimate of drug-likeness (QED) is 0.421. The molecule has 0 heterocycles. The molecular weight excluding hydrogens is 420 g/mol. The van der Waals surface area contributed by atoms with Gasteiger partial charge >= 0.3 is 0 Å². The fourth-order valence-electron chi connectivity index (χ4n) is 9.37. The molecule has 4 rings (SSSR count). The largest absolute Gasteiger partial charge is 0.393 e. The Kier molecular flexibility index (Phi) is 6.57. The van der Waals surface area contributed by atoms with Gasteiger partial charge in [0.15, 0.2) is 0 Å². The average Bonchev–Trinajstić information content (AvgIpc) is 3.06. The lowest BCUT2D eigenvalue weighted by atomic mass is 9.43. The molecule has 3 nitrogen and oxygen atoms in total. The molecule has 0 aromatic heterocycles. The van der Waals surface area contributed by atoms with Crippen LogP contribution in [0.1, 0.15) is 107 Å². The van der Waals surface area contributed by atoms with E-state index in [1.54, 1.807) is 18.3 Å². The molecule has 2 saturated carbocycles. The molecule has 194 valence electrons. The number of ether oxygens (including phenoxy) is 1. The van der Waals surface area contributed by atoms with Gasteiger partial charge in [0.25, 0.3) is 0 Å². The van der Waals surface area contributed by atoms with Crippen molar-refractivity contribution in [3.8, 4) is 0 Å². The van der Waals surface area contributed by atoms with Gasteiger partial charge in [0.05, 0.1) is 17.8 Å². The highest BCUT2D eigenvalue weighted by molar-refractivity contribution is 5.38. The van der Waals surface area contributed by atoms with E-state index in [0.717, 1.165) is 12.8 Å². The molecule has 2 N–H and O–H groups in total. The van der Waals surface area contributed by atoms with Crippen molar-refractivity contribution in [2.24, 2.45) is 39.4 Å². The van der Waals surface area contributed by atoms with E-state index in [9.17, 15) is 10.2 Å². The summed E-state index contributed by atoms with van der Waals surface area (Å²) in [4.78, 5) is 0. The van der Waals surface area contributed by atoms with Crippen LogP contribution in [0.4, 0.5) is 0 Å². The van der Waals surface area contributed by atoms with Crippen molar-refractivity contribution >= 4 is 0 Å². The maximum absolute atomic E-state index is 11.2. The van der Waals surface area contributed by atoms with Crippen molar-refractivity contribution in [3.05, 3.63) is 23.3 Å². The van der Waals surface area contributed by atoms with Gasteiger partial charge in [-0.05, 0) is 105 Å². The Hall–Kier alpha value is -0.640. The van der Waals surface area contributed by atoms with Gasteiger partial charge in [-0.25, -0.2) is 0 Å². The predicted octanol–water partition coefficient (Wildman–Crippen LogP) is 7.07. The van der Waals surface area contributed by atoms with Crippen molar-refractivity contribution in [1.82, 2.24) is 0 Å². The zero-order valence-corrected chi connectivity index (χ0v) is 23.5. The Balaban J connectivity index is 1.64. The number of methoxy groups -OCH3 is 1. The van der Waals surface area contributed by atoms with Crippen molar-refractivity contribution < 1.29 is 14.9 Å². The monoisotopic (exact) mass is 472 g/mol. The van der Waals surface area contributed by atoms with Crippen molar-refractivity contribution in [2.45, 2.75) is 125 Å². The number of rotatable bonds is 5. The second kappa shape index (κ2) is 8.45. The SMILES string of the molecule is COC(C)(C)/C=C/[C@H](O)C(C)[C@@H]1CC[C@@]2(C)C3=C(CC[C@]12C)[C@@]1(C)CC[C@H](O)C(C)(C)[C@@H]1CC3. The summed E-state index contributed by atoms with van der Waals surface area (Å²) in [5.41, 5.74) is 3.86. The second-order valence-corrected chi connectivity index (χ2v) is 14.3. The predicted molar refractivity (Wildman–Crippen MR) is 140 cm³/mol. The maximum atomic E-state index is 11.2. The summed E-state index contributed by atoms with van der Waals surface area (Å²) < 4.78 is 5.53. The maximum Gasteiger partial charge on any atom is 0.0803 e. The molecule has 4 aliphatic rings. The van der Waals surface area contributed by atoms with E-state index < -0.39 is 6.10 Å². The first-order valence-electron chi connectivity index (χ1n) is 14.0. The van der Waals surface area contributed by atoms with Crippen molar-refractivity contribution in [1.29, 1.82) is 0 Å². The van der Waals surface area contributed by atoms with Crippen LogP contribution < -0.4 is 0 Å². The number of aliphatic hydroxyl groups excluding tert-OH is 2. The Morgan fingerprint density at radius 3 is 2.29 bits per heavy atom. The topological polar surface area (TPSA) is 49.7 Å². The number of fused-ring (bicyclic) bond motifs is 4. The summed E-state index contributed by atoms with van der Waals surface area (Å²) >= 11 is 0. The Bertz CT molecular complexity index is 853. The lowest BCUT2D eigenvalue weighted by molar-refractivity contribution is -0.0967. The third-order valence-electron chi connectivity index (χ3n) is 12.2. The van der Waals surface area contributed by atoms with Gasteiger partial charge in [0, 0.05) is 7.11 Å². The molecule has 8 atom stereocenters. The van der Waals surface area contributed by atoms with Gasteiger partial charge in [0.2, 0.25) is 0 Å². The van der Waals surface area contributed by atoms with E-state index in [1.165, 1.54) is 38.5 Å². The molecule has 0 radical (unpaired) electrons. The summed E-state index contributed by atoms with van der Waals surface area (Å²) in [7, 11) is 1.72. The Morgan fingerprint density at radius 2 is 1.65 bits per heavy atom. The number of hydrogen-bond donors (Lipinski definition) is 2. The minimum absolute atomic E-state index is 0.00760.